The van der Waals surface area contributed by atoms with E-state index >= 15 is 0 Å². The minimum Gasteiger partial charge on any atom is -0.268 e. The molecule has 0 aromatic heterocycles. The van der Waals surface area contributed by atoms with E-state index in [1.807, 2.05) is 12.1 Å². The number of anilines is 1. The summed E-state index contributed by atoms with van der Waals surface area (Å²) in [5, 5.41) is 10.5. The molecular formula is C21H20N2O4S. The molecule has 1 heterocycles. The lowest BCUT2D eigenvalue weighted by Crippen LogP contribution is -2.27. The standard InChI is InChI=1S/C21H20N2O4S/c1-3-4-5-15-6-10-17(11-7-15)22-20(24)19(28-21(22)25)14(2)16-8-12-18(13-9-16)23(26)27/h6-13H,3-5H2,1-2H3/b19-14-. The topological polar surface area (TPSA) is 80.5 Å². The summed E-state index contributed by atoms with van der Waals surface area (Å²) in [5.41, 5.74) is 3.00. The summed E-state index contributed by atoms with van der Waals surface area (Å²) in [6.45, 7) is 3.88. The van der Waals surface area contributed by atoms with Gasteiger partial charge in [0, 0.05) is 12.1 Å². The monoisotopic (exact) mass is 396 g/mol. The molecule has 144 valence electrons. The van der Waals surface area contributed by atoms with Crippen molar-refractivity contribution in [1.29, 1.82) is 0 Å². The van der Waals surface area contributed by atoms with Crippen molar-refractivity contribution in [3.05, 3.63) is 74.7 Å². The lowest BCUT2D eigenvalue weighted by molar-refractivity contribution is -0.384. The highest BCUT2D eigenvalue weighted by Gasteiger charge is 2.37. The first-order chi connectivity index (χ1) is 13.4. The molecule has 7 heteroatoms. The summed E-state index contributed by atoms with van der Waals surface area (Å²) in [7, 11) is 0. The third-order valence-corrected chi connectivity index (χ3v) is 5.68. The Morgan fingerprint density at radius 2 is 1.71 bits per heavy atom. The van der Waals surface area contributed by atoms with Crippen LogP contribution in [0.4, 0.5) is 16.2 Å². The molecule has 2 aromatic carbocycles. The Morgan fingerprint density at radius 1 is 1.07 bits per heavy atom. The van der Waals surface area contributed by atoms with E-state index in [1.54, 1.807) is 31.2 Å². The second-order valence-electron chi connectivity index (χ2n) is 6.54. The first kappa shape index (κ1) is 19.8. The van der Waals surface area contributed by atoms with Gasteiger partial charge in [0.15, 0.2) is 0 Å². The average molecular weight is 396 g/mol. The van der Waals surface area contributed by atoms with E-state index in [2.05, 4.69) is 6.92 Å². The van der Waals surface area contributed by atoms with Gasteiger partial charge in [0.2, 0.25) is 0 Å². The van der Waals surface area contributed by atoms with Gasteiger partial charge in [-0.1, -0.05) is 25.5 Å². The van der Waals surface area contributed by atoms with Crippen LogP contribution in [0.1, 0.15) is 37.8 Å². The van der Waals surface area contributed by atoms with Gasteiger partial charge in [-0.25, -0.2) is 4.90 Å². The summed E-state index contributed by atoms with van der Waals surface area (Å²) < 4.78 is 0. The maximum absolute atomic E-state index is 12.9. The maximum atomic E-state index is 12.9. The molecule has 0 N–H and O–H groups in total. The molecule has 1 fully saturated rings. The van der Waals surface area contributed by atoms with E-state index < -0.39 is 4.92 Å². The van der Waals surface area contributed by atoms with Gasteiger partial charge < -0.3 is 0 Å². The molecule has 2 amide bonds. The van der Waals surface area contributed by atoms with Crippen LogP contribution in [0.2, 0.25) is 0 Å². The van der Waals surface area contributed by atoms with Gasteiger partial charge >= 0.3 is 0 Å². The zero-order valence-corrected chi connectivity index (χ0v) is 16.5. The van der Waals surface area contributed by atoms with Crippen LogP contribution in [0.25, 0.3) is 5.57 Å². The molecule has 0 saturated carbocycles. The number of carbonyl (C=O) groups is 2. The van der Waals surface area contributed by atoms with Crippen molar-refractivity contribution in [1.82, 2.24) is 0 Å². The second-order valence-corrected chi connectivity index (χ2v) is 7.50. The molecule has 0 atom stereocenters. The summed E-state index contributed by atoms with van der Waals surface area (Å²) in [6.07, 6.45) is 3.17. The fourth-order valence-corrected chi connectivity index (χ4v) is 3.88. The number of rotatable bonds is 6. The molecule has 2 aromatic rings. The van der Waals surface area contributed by atoms with Gasteiger partial charge in [0.05, 0.1) is 15.5 Å². The van der Waals surface area contributed by atoms with Crippen LogP contribution in [0.5, 0.6) is 0 Å². The largest absolute Gasteiger partial charge is 0.298 e. The van der Waals surface area contributed by atoms with E-state index in [1.165, 1.54) is 22.6 Å². The lowest BCUT2D eigenvalue weighted by atomic mass is 10.1. The number of aryl methyl sites for hydroxylation is 1. The molecule has 1 aliphatic heterocycles. The van der Waals surface area contributed by atoms with E-state index in [0.29, 0.717) is 21.7 Å². The molecule has 0 aliphatic carbocycles. The molecule has 3 rings (SSSR count). The first-order valence-electron chi connectivity index (χ1n) is 9.03. The van der Waals surface area contributed by atoms with Gasteiger partial charge in [0.1, 0.15) is 0 Å². The number of hydrogen-bond donors (Lipinski definition) is 0. The molecule has 1 saturated heterocycles. The first-order valence-corrected chi connectivity index (χ1v) is 9.85. The number of amides is 2. The summed E-state index contributed by atoms with van der Waals surface area (Å²) in [5.74, 6) is -0.368. The Bertz CT molecular complexity index is 949. The molecule has 0 spiro atoms. The third kappa shape index (κ3) is 3.99. The second kappa shape index (κ2) is 8.39. The Labute approximate surface area is 167 Å². The highest BCUT2D eigenvalue weighted by Crippen LogP contribution is 2.39. The molecule has 6 nitrogen and oxygen atoms in total. The Balaban J connectivity index is 1.86. The van der Waals surface area contributed by atoms with Crippen LogP contribution in [-0.2, 0) is 11.2 Å². The van der Waals surface area contributed by atoms with Crippen molar-refractivity contribution in [2.75, 3.05) is 4.90 Å². The Hall–Kier alpha value is -2.93. The smallest absolute Gasteiger partial charge is 0.268 e. The van der Waals surface area contributed by atoms with E-state index in [-0.39, 0.29) is 16.8 Å². The van der Waals surface area contributed by atoms with Crippen molar-refractivity contribution < 1.29 is 14.5 Å². The van der Waals surface area contributed by atoms with E-state index in [9.17, 15) is 19.7 Å². The van der Waals surface area contributed by atoms with Gasteiger partial charge in [-0.05, 0) is 72.5 Å². The quantitative estimate of drug-likeness (QED) is 0.362. The molecular weight excluding hydrogens is 376 g/mol. The number of nitro groups is 1. The minimum absolute atomic E-state index is 0.0205. The number of hydrogen-bond acceptors (Lipinski definition) is 5. The van der Waals surface area contributed by atoms with Crippen LogP contribution in [-0.4, -0.2) is 16.1 Å². The fourth-order valence-electron chi connectivity index (χ4n) is 2.98. The van der Waals surface area contributed by atoms with Gasteiger partial charge in [0.25, 0.3) is 16.8 Å². The molecule has 1 aliphatic rings. The van der Waals surface area contributed by atoms with E-state index in [0.717, 1.165) is 31.0 Å². The van der Waals surface area contributed by atoms with Gasteiger partial charge in [-0.2, -0.15) is 0 Å². The fraction of sp³-hybridized carbons (Fsp3) is 0.238. The Morgan fingerprint density at radius 3 is 2.29 bits per heavy atom. The normalized spacial score (nSPS) is 15.9. The predicted octanol–water partition coefficient (Wildman–Crippen LogP) is 5.57. The van der Waals surface area contributed by atoms with Crippen LogP contribution in [0.15, 0.2) is 53.4 Å². The van der Waals surface area contributed by atoms with Crippen molar-refractivity contribution in [2.45, 2.75) is 33.1 Å². The van der Waals surface area contributed by atoms with Crippen LogP contribution in [0, 0.1) is 10.1 Å². The zero-order valence-electron chi connectivity index (χ0n) is 15.7. The number of allylic oxidation sites excluding steroid dienone is 1. The molecule has 0 radical (unpaired) electrons. The Kier molecular flexibility index (Phi) is 5.94. The molecule has 0 unspecified atom stereocenters. The average Bonchev–Trinajstić information content (AvgIpc) is 3.00. The number of nitro benzene ring substituents is 1. The number of imide groups is 1. The maximum Gasteiger partial charge on any atom is 0.298 e. The van der Waals surface area contributed by atoms with Crippen molar-refractivity contribution in [3.63, 3.8) is 0 Å². The summed E-state index contributed by atoms with van der Waals surface area (Å²) in [6, 6.07) is 13.4. The highest BCUT2D eigenvalue weighted by atomic mass is 32.2. The van der Waals surface area contributed by atoms with Crippen LogP contribution < -0.4 is 4.90 Å². The van der Waals surface area contributed by atoms with Crippen molar-refractivity contribution in [2.24, 2.45) is 0 Å². The number of carbonyl (C=O) groups excluding carboxylic acids is 2. The van der Waals surface area contributed by atoms with Crippen LogP contribution in [0.3, 0.4) is 0 Å². The number of benzene rings is 2. The predicted molar refractivity (Wildman–Crippen MR) is 111 cm³/mol. The highest BCUT2D eigenvalue weighted by molar-refractivity contribution is 8.19. The van der Waals surface area contributed by atoms with Crippen molar-refractivity contribution in [3.8, 4) is 0 Å². The van der Waals surface area contributed by atoms with Crippen LogP contribution >= 0.6 is 11.8 Å². The summed E-state index contributed by atoms with van der Waals surface area (Å²) >= 11 is 0.891. The lowest BCUT2D eigenvalue weighted by Gasteiger charge is -2.13. The number of thioether (sulfide) groups is 1. The number of nitrogens with zero attached hydrogens (tertiary/aromatic N) is 2. The van der Waals surface area contributed by atoms with E-state index in [4.69, 9.17) is 0 Å². The molecule has 28 heavy (non-hydrogen) atoms. The zero-order chi connectivity index (χ0) is 20.3. The van der Waals surface area contributed by atoms with Gasteiger partial charge in [-0.15, -0.1) is 0 Å². The van der Waals surface area contributed by atoms with Crippen molar-refractivity contribution >= 4 is 39.9 Å². The SMILES string of the molecule is CCCCc1ccc(N2C(=O)S/C(=C(/C)c3ccc([N+](=O)[O-])cc3)C2=O)cc1. The number of unbranched alkanes of at least 4 members (excludes halogenated alkanes) is 1. The number of non-ortho nitro benzene ring substituents is 1. The minimum atomic E-state index is -0.475. The molecule has 0 bridgehead atoms. The summed E-state index contributed by atoms with van der Waals surface area (Å²) in [4.78, 5) is 37.2. The third-order valence-electron chi connectivity index (χ3n) is 4.63. The van der Waals surface area contributed by atoms with Gasteiger partial charge in [-0.3, -0.25) is 19.7 Å².